The summed E-state index contributed by atoms with van der Waals surface area (Å²) in [6, 6.07) is 9.65. The van der Waals surface area contributed by atoms with Gasteiger partial charge in [-0.2, -0.15) is 0 Å². The molecule has 1 unspecified atom stereocenters. The Morgan fingerprint density at radius 1 is 1.23 bits per heavy atom. The summed E-state index contributed by atoms with van der Waals surface area (Å²) in [5.41, 5.74) is 1.86. The summed E-state index contributed by atoms with van der Waals surface area (Å²) in [5, 5.41) is 4.90. The van der Waals surface area contributed by atoms with Gasteiger partial charge in [-0.3, -0.25) is 4.79 Å². The lowest BCUT2D eigenvalue weighted by atomic mass is 10.00. The van der Waals surface area contributed by atoms with E-state index in [0.29, 0.717) is 19.7 Å². The van der Waals surface area contributed by atoms with Gasteiger partial charge in [0.1, 0.15) is 18.9 Å². The van der Waals surface area contributed by atoms with Crippen LogP contribution in [0.4, 0.5) is 4.79 Å². The van der Waals surface area contributed by atoms with Crippen LogP contribution >= 0.6 is 11.3 Å². The zero-order valence-electron chi connectivity index (χ0n) is 19.1. The first-order chi connectivity index (χ1) is 14.7. The van der Waals surface area contributed by atoms with Crippen LogP contribution < -0.4 is 10.1 Å². The number of rotatable bonds is 6. The monoisotopic (exact) mass is 443 g/mol. The topological polar surface area (TPSA) is 61.9 Å². The van der Waals surface area contributed by atoms with Gasteiger partial charge < -0.3 is 19.9 Å². The van der Waals surface area contributed by atoms with E-state index >= 15 is 0 Å². The number of amides is 3. The summed E-state index contributed by atoms with van der Waals surface area (Å²) in [6.07, 6.45) is 0.830. The summed E-state index contributed by atoms with van der Waals surface area (Å²) in [4.78, 5) is 30.8. The highest BCUT2D eigenvalue weighted by Crippen LogP contribution is 2.34. The van der Waals surface area contributed by atoms with Crippen molar-refractivity contribution in [2.75, 3.05) is 26.2 Å². The molecule has 2 aromatic rings. The molecule has 0 fully saturated rings. The lowest BCUT2D eigenvalue weighted by Gasteiger charge is -2.40. The molecule has 1 aliphatic rings. The second-order valence-corrected chi connectivity index (χ2v) is 9.87. The Morgan fingerprint density at radius 3 is 2.58 bits per heavy atom. The molecule has 0 saturated heterocycles. The third-order valence-corrected chi connectivity index (χ3v) is 6.52. The largest absolute Gasteiger partial charge is 0.491 e. The van der Waals surface area contributed by atoms with Gasteiger partial charge in [-0.15, -0.1) is 11.3 Å². The summed E-state index contributed by atoms with van der Waals surface area (Å²) in [6.45, 7) is 11.3. The van der Waals surface area contributed by atoms with Crippen molar-refractivity contribution in [3.05, 3.63) is 51.7 Å². The molecule has 0 aliphatic carbocycles. The number of thiophene rings is 1. The Morgan fingerprint density at radius 2 is 1.94 bits per heavy atom. The van der Waals surface area contributed by atoms with Gasteiger partial charge in [-0.05, 0) is 70.2 Å². The molecule has 2 heterocycles. The average molecular weight is 444 g/mol. The molecule has 0 radical (unpaired) electrons. The fraction of sp³-hybridized carbons (Fsp3) is 0.500. The van der Waals surface area contributed by atoms with Crippen molar-refractivity contribution in [2.24, 2.45) is 0 Å². The number of carbonyl (C=O) groups is 2. The van der Waals surface area contributed by atoms with Gasteiger partial charge in [-0.1, -0.05) is 17.7 Å². The van der Waals surface area contributed by atoms with Crippen LogP contribution in [0.15, 0.2) is 35.7 Å². The van der Waals surface area contributed by atoms with Crippen molar-refractivity contribution < 1.29 is 14.3 Å². The molecule has 3 amide bonds. The predicted molar refractivity (Wildman–Crippen MR) is 125 cm³/mol. The Labute approximate surface area is 189 Å². The first kappa shape index (κ1) is 23.1. The molecule has 0 spiro atoms. The molecule has 1 aromatic carbocycles. The molecule has 1 atom stereocenters. The van der Waals surface area contributed by atoms with E-state index in [0.717, 1.165) is 17.7 Å². The number of carbonyl (C=O) groups excluding carboxylic acids is 2. The number of aryl methyl sites for hydroxylation is 1. The fourth-order valence-corrected chi connectivity index (χ4v) is 4.70. The third kappa shape index (κ3) is 5.58. The van der Waals surface area contributed by atoms with Gasteiger partial charge in [-0.25, -0.2) is 4.79 Å². The van der Waals surface area contributed by atoms with Crippen LogP contribution in [0.25, 0.3) is 0 Å². The number of fused-ring (bicyclic) bond motifs is 1. The highest BCUT2D eigenvalue weighted by molar-refractivity contribution is 7.10. The quantitative estimate of drug-likeness (QED) is 0.720. The SMILES string of the molecule is CCNC(=O)N(CC(=O)N1CCc2sccc2C1COc1ccc(C)cc1)C(C)(C)C. The highest BCUT2D eigenvalue weighted by Gasteiger charge is 2.35. The van der Waals surface area contributed by atoms with Crippen LogP contribution in [0, 0.1) is 6.92 Å². The second kappa shape index (κ2) is 9.73. The van der Waals surface area contributed by atoms with E-state index in [9.17, 15) is 9.59 Å². The van der Waals surface area contributed by atoms with Gasteiger partial charge >= 0.3 is 6.03 Å². The molecular formula is C24H33N3O3S. The smallest absolute Gasteiger partial charge is 0.318 e. The molecule has 7 heteroatoms. The number of urea groups is 1. The maximum atomic E-state index is 13.4. The van der Waals surface area contributed by atoms with Crippen LogP contribution in [0.2, 0.25) is 0 Å². The summed E-state index contributed by atoms with van der Waals surface area (Å²) >= 11 is 1.73. The van der Waals surface area contributed by atoms with E-state index in [1.165, 1.54) is 10.4 Å². The molecule has 6 nitrogen and oxygen atoms in total. The van der Waals surface area contributed by atoms with Crippen LogP contribution in [0.5, 0.6) is 5.75 Å². The number of hydrogen-bond donors (Lipinski definition) is 1. The normalized spacial score (nSPS) is 15.9. The Hall–Kier alpha value is -2.54. The Bertz CT molecular complexity index is 902. The van der Waals surface area contributed by atoms with Crippen LogP contribution in [-0.2, 0) is 11.2 Å². The van der Waals surface area contributed by atoms with Crippen LogP contribution in [-0.4, -0.2) is 53.5 Å². The molecule has 168 valence electrons. The van der Waals surface area contributed by atoms with Gasteiger partial charge in [0.2, 0.25) is 5.91 Å². The lowest BCUT2D eigenvalue weighted by Crippen LogP contribution is -2.55. The molecule has 1 N–H and O–H groups in total. The van der Waals surface area contributed by atoms with E-state index in [2.05, 4.69) is 16.8 Å². The number of ether oxygens (including phenoxy) is 1. The standard InChI is InChI=1S/C24H33N3O3S/c1-6-25-23(29)27(24(3,4)5)15-22(28)26-13-11-21-19(12-14-31-21)20(26)16-30-18-9-7-17(2)8-10-18/h7-10,12,14,20H,6,11,13,15-16H2,1-5H3,(H,25,29). The molecule has 31 heavy (non-hydrogen) atoms. The van der Waals surface area contributed by atoms with Gasteiger partial charge in [0.25, 0.3) is 0 Å². The zero-order valence-corrected chi connectivity index (χ0v) is 19.9. The molecule has 3 rings (SSSR count). The average Bonchev–Trinajstić information content (AvgIpc) is 3.19. The minimum absolute atomic E-state index is 0.0375. The first-order valence-electron chi connectivity index (χ1n) is 10.8. The number of nitrogens with zero attached hydrogens (tertiary/aromatic N) is 2. The van der Waals surface area contributed by atoms with E-state index < -0.39 is 5.54 Å². The predicted octanol–water partition coefficient (Wildman–Crippen LogP) is 4.39. The minimum atomic E-state index is -0.466. The third-order valence-electron chi connectivity index (χ3n) is 5.52. The number of nitrogens with one attached hydrogen (secondary N) is 1. The summed E-state index contributed by atoms with van der Waals surface area (Å²) in [7, 11) is 0. The van der Waals surface area contributed by atoms with Crippen molar-refractivity contribution in [3.8, 4) is 5.75 Å². The summed E-state index contributed by atoms with van der Waals surface area (Å²) < 4.78 is 6.08. The van der Waals surface area contributed by atoms with Crippen molar-refractivity contribution >= 4 is 23.3 Å². The van der Waals surface area contributed by atoms with Crippen LogP contribution in [0.1, 0.15) is 49.7 Å². The fourth-order valence-electron chi connectivity index (χ4n) is 3.77. The first-order valence-corrected chi connectivity index (χ1v) is 11.7. The van der Waals surface area contributed by atoms with Gasteiger partial charge in [0.15, 0.2) is 0 Å². The maximum Gasteiger partial charge on any atom is 0.318 e. The van der Waals surface area contributed by atoms with Crippen molar-refractivity contribution in [1.29, 1.82) is 0 Å². The number of benzene rings is 1. The molecule has 1 aliphatic heterocycles. The second-order valence-electron chi connectivity index (χ2n) is 8.87. The molecule has 0 bridgehead atoms. The number of hydrogen-bond acceptors (Lipinski definition) is 4. The van der Waals surface area contributed by atoms with E-state index in [4.69, 9.17) is 4.74 Å². The molecule has 0 saturated carbocycles. The Balaban J connectivity index is 1.79. The molecular weight excluding hydrogens is 410 g/mol. The van der Waals surface area contributed by atoms with Gasteiger partial charge in [0.05, 0.1) is 6.04 Å². The van der Waals surface area contributed by atoms with E-state index in [1.807, 2.05) is 63.8 Å². The minimum Gasteiger partial charge on any atom is -0.491 e. The summed E-state index contributed by atoms with van der Waals surface area (Å²) in [5.74, 6) is 0.731. The van der Waals surface area contributed by atoms with Crippen molar-refractivity contribution in [2.45, 2.75) is 52.6 Å². The highest BCUT2D eigenvalue weighted by atomic mass is 32.1. The molecule has 1 aromatic heterocycles. The zero-order chi connectivity index (χ0) is 22.6. The van der Waals surface area contributed by atoms with Crippen molar-refractivity contribution in [3.63, 3.8) is 0 Å². The maximum absolute atomic E-state index is 13.4. The van der Waals surface area contributed by atoms with Crippen LogP contribution in [0.3, 0.4) is 0 Å². The lowest BCUT2D eigenvalue weighted by molar-refractivity contribution is -0.136. The van der Waals surface area contributed by atoms with E-state index in [-0.39, 0.29) is 24.5 Å². The Kier molecular flexibility index (Phi) is 7.26. The van der Waals surface area contributed by atoms with Gasteiger partial charge in [0, 0.05) is 23.5 Å². The van der Waals surface area contributed by atoms with E-state index in [1.54, 1.807) is 16.2 Å². The van der Waals surface area contributed by atoms with Crippen molar-refractivity contribution in [1.82, 2.24) is 15.1 Å².